The van der Waals surface area contributed by atoms with E-state index in [1.165, 1.54) is 44.9 Å². The van der Waals surface area contributed by atoms with Gasteiger partial charge >= 0.3 is 0 Å². The third kappa shape index (κ3) is 5.83. The molecule has 0 aromatic rings. The highest BCUT2D eigenvalue weighted by Gasteiger charge is 2.25. The molecule has 0 bridgehead atoms. The Balaban J connectivity index is 2.23. The van der Waals surface area contributed by atoms with Crippen molar-refractivity contribution in [1.82, 2.24) is 5.32 Å². The highest BCUT2D eigenvalue weighted by molar-refractivity contribution is 8.18. The van der Waals surface area contributed by atoms with E-state index in [1.54, 1.807) is 0 Å². The lowest BCUT2D eigenvalue weighted by Gasteiger charge is -2.34. The minimum Gasteiger partial charge on any atom is -0.293 e. The summed E-state index contributed by atoms with van der Waals surface area (Å²) in [7, 11) is 0. The highest BCUT2D eigenvalue weighted by Crippen LogP contribution is 2.37. The molecule has 1 N–H and O–H groups in total. The lowest BCUT2D eigenvalue weighted by molar-refractivity contribution is 0.518. The van der Waals surface area contributed by atoms with Crippen LogP contribution >= 0.6 is 23.5 Å². The number of rotatable bonds is 7. The van der Waals surface area contributed by atoms with Gasteiger partial charge in [-0.25, -0.2) is 0 Å². The Labute approximate surface area is 110 Å². The maximum atomic E-state index is 3.80. The third-order valence-electron chi connectivity index (χ3n) is 2.97. The fourth-order valence-electron chi connectivity index (χ4n) is 2.05. The van der Waals surface area contributed by atoms with Gasteiger partial charge in [-0.15, -0.1) is 23.5 Å². The quantitative estimate of drug-likeness (QED) is 0.660. The van der Waals surface area contributed by atoms with Crippen LogP contribution in [0.2, 0.25) is 0 Å². The van der Waals surface area contributed by atoms with Crippen LogP contribution in [0.5, 0.6) is 0 Å². The summed E-state index contributed by atoms with van der Waals surface area (Å²) in [6.45, 7) is 6.93. The van der Waals surface area contributed by atoms with E-state index in [9.17, 15) is 0 Å². The lowest BCUT2D eigenvalue weighted by Crippen LogP contribution is -2.39. The second kappa shape index (κ2) is 8.71. The molecule has 0 spiro atoms. The second-order valence-corrected chi connectivity index (χ2v) is 8.02. The minimum absolute atomic E-state index is 0.711. The molecule has 0 saturated carbocycles. The zero-order valence-corrected chi connectivity index (χ0v) is 12.6. The molecule has 0 amide bonds. The Morgan fingerprint density at radius 1 is 0.875 bits per heavy atom. The second-order valence-electron chi connectivity index (χ2n) is 4.62. The molecule has 1 fully saturated rings. The molecule has 3 unspecified atom stereocenters. The normalized spacial score (nSPS) is 30.6. The molecule has 1 saturated heterocycles. The summed E-state index contributed by atoms with van der Waals surface area (Å²) in [5.74, 6) is 0. The van der Waals surface area contributed by atoms with Crippen LogP contribution < -0.4 is 5.32 Å². The maximum Gasteiger partial charge on any atom is 0.0551 e. The smallest absolute Gasteiger partial charge is 0.0551 e. The van der Waals surface area contributed by atoms with Crippen molar-refractivity contribution < 1.29 is 0 Å². The summed E-state index contributed by atoms with van der Waals surface area (Å²) in [4.78, 5) is 0. The summed E-state index contributed by atoms with van der Waals surface area (Å²) >= 11 is 4.25. The van der Waals surface area contributed by atoms with E-state index in [0.717, 1.165) is 4.58 Å². The Morgan fingerprint density at radius 3 is 2.00 bits per heavy atom. The van der Waals surface area contributed by atoms with Crippen molar-refractivity contribution in [3.05, 3.63) is 0 Å². The van der Waals surface area contributed by atoms with E-state index in [-0.39, 0.29) is 0 Å². The molecule has 1 aliphatic heterocycles. The molecule has 3 atom stereocenters. The Bertz CT molecular complexity index is 175. The van der Waals surface area contributed by atoms with Gasteiger partial charge in [0, 0.05) is 0 Å². The number of unbranched alkanes of at least 4 members (excludes halogenated alkanes) is 3. The van der Waals surface area contributed by atoms with E-state index in [1.807, 2.05) is 0 Å². The van der Waals surface area contributed by atoms with Crippen LogP contribution in [-0.2, 0) is 0 Å². The minimum atomic E-state index is 0.711. The van der Waals surface area contributed by atoms with Crippen molar-refractivity contribution in [3.63, 3.8) is 0 Å². The molecule has 1 aliphatic rings. The van der Waals surface area contributed by atoms with E-state index in [0.29, 0.717) is 10.7 Å². The van der Waals surface area contributed by atoms with Crippen molar-refractivity contribution in [2.45, 2.75) is 81.0 Å². The number of nitrogens with one attached hydrogen (secondary N) is 1. The van der Waals surface area contributed by atoms with Gasteiger partial charge in [-0.3, -0.25) is 5.32 Å². The van der Waals surface area contributed by atoms with Gasteiger partial charge in [-0.05, 0) is 19.8 Å². The van der Waals surface area contributed by atoms with Gasteiger partial charge < -0.3 is 0 Å². The van der Waals surface area contributed by atoms with Crippen molar-refractivity contribution >= 4 is 23.5 Å². The first-order valence-corrected chi connectivity index (χ1v) is 8.71. The molecule has 1 rings (SSSR count). The fraction of sp³-hybridized carbons (Fsp3) is 1.00. The van der Waals surface area contributed by atoms with E-state index in [2.05, 4.69) is 49.6 Å². The average Bonchev–Trinajstić information content (AvgIpc) is 2.26. The van der Waals surface area contributed by atoms with Crippen LogP contribution in [0.4, 0.5) is 0 Å². The highest BCUT2D eigenvalue weighted by atomic mass is 32.2. The summed E-state index contributed by atoms with van der Waals surface area (Å²) in [6.07, 6.45) is 9.49. The maximum absolute atomic E-state index is 3.80. The van der Waals surface area contributed by atoms with Crippen molar-refractivity contribution in [2.75, 3.05) is 0 Å². The summed E-state index contributed by atoms with van der Waals surface area (Å²) in [6, 6.07) is 0. The molecular weight excluding hydrogens is 234 g/mol. The molecule has 0 aliphatic carbocycles. The molecular formula is C13H27NS2. The first kappa shape index (κ1) is 14.7. The molecule has 1 heterocycles. The lowest BCUT2D eigenvalue weighted by atomic mass is 10.2. The van der Waals surface area contributed by atoms with Gasteiger partial charge in [0.25, 0.3) is 0 Å². The van der Waals surface area contributed by atoms with Crippen LogP contribution in [0.3, 0.4) is 0 Å². The first-order chi connectivity index (χ1) is 7.76. The van der Waals surface area contributed by atoms with Crippen molar-refractivity contribution in [1.29, 1.82) is 0 Å². The largest absolute Gasteiger partial charge is 0.293 e. The van der Waals surface area contributed by atoms with Crippen LogP contribution in [0.1, 0.15) is 65.7 Å². The van der Waals surface area contributed by atoms with Crippen LogP contribution in [0.25, 0.3) is 0 Å². The van der Waals surface area contributed by atoms with Gasteiger partial charge in [0.15, 0.2) is 0 Å². The summed E-state index contributed by atoms with van der Waals surface area (Å²) in [5, 5.41) is 5.23. The molecule has 3 heteroatoms. The standard InChI is InChI=1S/C13H27NS2/c1-4-6-8-10-13-14-12(9-7-5-2)15-11(3)16-13/h11-14H,4-10H2,1-3H3. The zero-order valence-electron chi connectivity index (χ0n) is 11.0. The average molecular weight is 261 g/mol. The molecule has 16 heavy (non-hydrogen) atoms. The fourth-order valence-corrected chi connectivity index (χ4v) is 5.22. The summed E-state index contributed by atoms with van der Waals surface area (Å²) in [5.41, 5.74) is 0. The first-order valence-electron chi connectivity index (χ1n) is 6.83. The molecule has 0 radical (unpaired) electrons. The van der Waals surface area contributed by atoms with Gasteiger partial charge in [0.1, 0.15) is 0 Å². The van der Waals surface area contributed by atoms with Crippen LogP contribution in [-0.4, -0.2) is 15.3 Å². The predicted octanol–water partition coefficient (Wildman–Crippen LogP) is 4.82. The zero-order chi connectivity index (χ0) is 11.8. The Morgan fingerprint density at radius 2 is 1.44 bits per heavy atom. The van der Waals surface area contributed by atoms with E-state index in [4.69, 9.17) is 0 Å². The molecule has 0 aromatic carbocycles. The van der Waals surface area contributed by atoms with Crippen molar-refractivity contribution in [3.8, 4) is 0 Å². The monoisotopic (exact) mass is 261 g/mol. The summed E-state index contributed by atoms with van der Waals surface area (Å²) < 4.78 is 0.773. The molecule has 96 valence electrons. The van der Waals surface area contributed by atoms with Gasteiger partial charge in [0.2, 0.25) is 0 Å². The van der Waals surface area contributed by atoms with Gasteiger partial charge in [-0.2, -0.15) is 0 Å². The van der Waals surface area contributed by atoms with E-state index >= 15 is 0 Å². The van der Waals surface area contributed by atoms with Gasteiger partial charge in [-0.1, -0.05) is 46.0 Å². The number of hydrogen-bond donors (Lipinski definition) is 1. The number of thioether (sulfide) groups is 2. The van der Waals surface area contributed by atoms with Crippen molar-refractivity contribution in [2.24, 2.45) is 0 Å². The van der Waals surface area contributed by atoms with E-state index < -0.39 is 0 Å². The number of hydrogen-bond acceptors (Lipinski definition) is 3. The Hall–Kier alpha value is 0.660. The van der Waals surface area contributed by atoms with Gasteiger partial charge in [0.05, 0.1) is 15.3 Å². The van der Waals surface area contributed by atoms with Crippen LogP contribution in [0.15, 0.2) is 0 Å². The molecule has 1 nitrogen and oxygen atoms in total. The topological polar surface area (TPSA) is 12.0 Å². The molecule has 0 aromatic heterocycles. The van der Waals surface area contributed by atoms with Crippen LogP contribution in [0, 0.1) is 0 Å². The Kier molecular flexibility index (Phi) is 8.01. The SMILES string of the molecule is CCCCCC1NC(CCCC)SC(C)S1. The predicted molar refractivity (Wildman–Crippen MR) is 79.0 cm³/mol. The third-order valence-corrected chi connectivity index (χ3v) is 5.81.